The molecule has 180 valence electrons. The minimum Gasteiger partial charge on any atom is -0.383 e. The Bertz CT molecular complexity index is 1410. The summed E-state index contributed by atoms with van der Waals surface area (Å²) in [6.07, 6.45) is 0. The lowest BCUT2D eigenvalue weighted by atomic mass is 10.2. The maximum atomic E-state index is 13.0. The number of carbonyl (C=O) groups is 1. The Balaban J connectivity index is 1.52. The molecule has 34 heavy (non-hydrogen) atoms. The van der Waals surface area contributed by atoms with Crippen molar-refractivity contribution in [1.29, 1.82) is 0 Å². The molecule has 0 aliphatic heterocycles. The van der Waals surface area contributed by atoms with Crippen molar-refractivity contribution in [3.63, 3.8) is 0 Å². The molecule has 0 atom stereocenters. The van der Waals surface area contributed by atoms with Crippen LogP contribution in [0.15, 0.2) is 41.3 Å². The predicted molar refractivity (Wildman–Crippen MR) is 134 cm³/mol. The number of aryl methyl sites for hydroxylation is 1. The summed E-state index contributed by atoms with van der Waals surface area (Å²) in [6.45, 7) is 2.89. The van der Waals surface area contributed by atoms with Gasteiger partial charge in [-0.05, 0) is 43.3 Å². The van der Waals surface area contributed by atoms with Gasteiger partial charge in [-0.3, -0.25) is 10.1 Å². The van der Waals surface area contributed by atoms with Crippen molar-refractivity contribution in [3.8, 4) is 0 Å². The quantitative estimate of drug-likeness (QED) is 0.339. The second-order valence-electron chi connectivity index (χ2n) is 7.38. The zero-order valence-electron chi connectivity index (χ0n) is 18.9. The lowest BCUT2D eigenvalue weighted by molar-refractivity contribution is 0.102. The first-order valence-corrected chi connectivity index (χ1v) is 13.5. The van der Waals surface area contributed by atoms with Gasteiger partial charge in [0.1, 0.15) is 5.52 Å². The molecule has 0 bridgehead atoms. The van der Waals surface area contributed by atoms with Gasteiger partial charge in [0.15, 0.2) is 5.13 Å². The summed E-state index contributed by atoms with van der Waals surface area (Å²) in [5.74, 6) is -0.371. The largest absolute Gasteiger partial charge is 0.383 e. The molecule has 2 aromatic heterocycles. The van der Waals surface area contributed by atoms with Gasteiger partial charge in [0.2, 0.25) is 10.0 Å². The fourth-order valence-corrected chi connectivity index (χ4v) is 6.64. The molecule has 0 spiro atoms. The summed E-state index contributed by atoms with van der Waals surface area (Å²) in [5, 5.41) is 4.24. The number of hydrogen-bond acceptors (Lipinski definition) is 9. The zero-order chi connectivity index (χ0) is 24.3. The van der Waals surface area contributed by atoms with Gasteiger partial charge in [-0.2, -0.15) is 4.31 Å². The summed E-state index contributed by atoms with van der Waals surface area (Å²) < 4.78 is 39.4. The van der Waals surface area contributed by atoms with Gasteiger partial charge in [-0.15, -0.1) is 11.3 Å². The Morgan fingerprint density at radius 1 is 1.00 bits per heavy atom. The number of carbonyl (C=O) groups excluding carboxylic acids is 1. The van der Waals surface area contributed by atoms with E-state index in [9.17, 15) is 13.2 Å². The second-order valence-corrected chi connectivity index (χ2v) is 11.6. The number of sulfonamides is 1. The molecule has 1 amide bonds. The van der Waals surface area contributed by atoms with Gasteiger partial charge < -0.3 is 9.47 Å². The van der Waals surface area contributed by atoms with E-state index in [4.69, 9.17) is 9.47 Å². The fraction of sp³-hybridized carbons (Fsp3) is 0.318. The van der Waals surface area contributed by atoms with Crippen molar-refractivity contribution in [1.82, 2.24) is 14.3 Å². The van der Waals surface area contributed by atoms with E-state index in [-0.39, 0.29) is 37.1 Å². The third-order valence-electron chi connectivity index (χ3n) is 5.09. The molecular formula is C22H24N4O5S3. The number of benzene rings is 2. The molecule has 4 rings (SSSR count). The van der Waals surface area contributed by atoms with Crippen molar-refractivity contribution in [2.45, 2.75) is 11.8 Å². The van der Waals surface area contributed by atoms with Crippen LogP contribution in [-0.4, -0.2) is 69.1 Å². The number of nitrogens with zero attached hydrogens (tertiary/aromatic N) is 3. The SMILES string of the molecule is COCCN(CCOC)S(=O)(=O)c1ccc(C(=O)Nc2nc3ccc4sc(C)nc4c3s2)cc1. The second kappa shape index (κ2) is 10.4. The number of nitrogens with one attached hydrogen (secondary N) is 1. The molecular weight excluding hydrogens is 496 g/mol. The normalized spacial score (nSPS) is 12.1. The van der Waals surface area contributed by atoms with Crippen LogP contribution in [0.4, 0.5) is 5.13 Å². The Kier molecular flexibility index (Phi) is 7.55. The summed E-state index contributed by atoms with van der Waals surface area (Å²) in [7, 11) is -0.729. The molecule has 0 fully saturated rings. The number of anilines is 1. The van der Waals surface area contributed by atoms with Crippen LogP contribution in [-0.2, 0) is 19.5 Å². The monoisotopic (exact) mass is 520 g/mol. The highest BCUT2D eigenvalue weighted by atomic mass is 32.2. The van der Waals surface area contributed by atoms with E-state index in [1.54, 1.807) is 11.3 Å². The van der Waals surface area contributed by atoms with Crippen molar-refractivity contribution < 1.29 is 22.7 Å². The molecule has 0 radical (unpaired) electrons. The summed E-state index contributed by atoms with van der Waals surface area (Å²) in [6, 6.07) is 9.73. The van der Waals surface area contributed by atoms with E-state index < -0.39 is 10.0 Å². The van der Waals surface area contributed by atoms with Crippen LogP contribution in [0.3, 0.4) is 0 Å². The molecule has 2 heterocycles. The topological polar surface area (TPSA) is 111 Å². The highest BCUT2D eigenvalue weighted by molar-refractivity contribution is 7.89. The van der Waals surface area contributed by atoms with Crippen LogP contribution in [0.1, 0.15) is 15.4 Å². The molecule has 0 unspecified atom stereocenters. The zero-order valence-corrected chi connectivity index (χ0v) is 21.3. The number of ether oxygens (including phenoxy) is 2. The first kappa shape index (κ1) is 24.6. The molecule has 4 aromatic rings. The smallest absolute Gasteiger partial charge is 0.257 e. The number of aromatic nitrogens is 2. The molecule has 12 heteroatoms. The first-order chi connectivity index (χ1) is 16.3. The van der Waals surface area contributed by atoms with Crippen LogP contribution in [0.25, 0.3) is 20.4 Å². The lowest BCUT2D eigenvalue weighted by Crippen LogP contribution is -2.36. The Hall–Kier alpha value is -2.48. The highest BCUT2D eigenvalue weighted by Gasteiger charge is 2.24. The Morgan fingerprint density at radius 3 is 2.32 bits per heavy atom. The van der Waals surface area contributed by atoms with Gasteiger partial charge in [0.25, 0.3) is 5.91 Å². The van der Waals surface area contributed by atoms with E-state index in [1.807, 2.05) is 19.1 Å². The number of methoxy groups -OCH3 is 2. The van der Waals surface area contributed by atoms with Gasteiger partial charge in [-0.25, -0.2) is 18.4 Å². The number of fused-ring (bicyclic) bond motifs is 3. The van der Waals surface area contributed by atoms with Crippen LogP contribution in [0.2, 0.25) is 0 Å². The minimum absolute atomic E-state index is 0.0949. The molecule has 1 N–H and O–H groups in total. The summed E-state index contributed by atoms with van der Waals surface area (Å²) in [5.41, 5.74) is 1.99. The molecule has 0 aliphatic rings. The molecule has 2 aromatic carbocycles. The molecule has 0 aliphatic carbocycles. The first-order valence-electron chi connectivity index (χ1n) is 10.4. The van der Waals surface area contributed by atoms with Crippen LogP contribution in [0.5, 0.6) is 0 Å². The summed E-state index contributed by atoms with van der Waals surface area (Å²) >= 11 is 2.98. The Morgan fingerprint density at radius 2 is 1.68 bits per heavy atom. The number of hydrogen-bond donors (Lipinski definition) is 1. The average Bonchev–Trinajstić information content (AvgIpc) is 3.41. The highest BCUT2D eigenvalue weighted by Crippen LogP contribution is 2.34. The standard InChI is InChI=1S/C22H24N4O5S3/c1-14-23-19-18(32-14)9-8-17-20(19)33-22(24-17)25-21(27)15-4-6-16(7-5-15)34(28,29)26(10-12-30-2)11-13-31-3/h4-9H,10-13H2,1-3H3,(H,24,25,27). The van der Waals surface area contributed by atoms with E-state index >= 15 is 0 Å². The fourth-order valence-electron chi connectivity index (χ4n) is 3.38. The van der Waals surface area contributed by atoms with Gasteiger partial charge >= 0.3 is 0 Å². The third kappa shape index (κ3) is 5.11. The minimum atomic E-state index is -3.76. The van der Waals surface area contributed by atoms with E-state index in [1.165, 1.54) is 54.1 Å². The summed E-state index contributed by atoms with van der Waals surface area (Å²) in [4.78, 5) is 22.0. The molecule has 0 saturated heterocycles. The van der Waals surface area contributed by atoms with Crippen molar-refractivity contribution >= 4 is 64.2 Å². The van der Waals surface area contributed by atoms with Crippen molar-refractivity contribution in [2.75, 3.05) is 45.8 Å². The van der Waals surface area contributed by atoms with Gasteiger partial charge in [0, 0.05) is 32.9 Å². The average molecular weight is 521 g/mol. The molecule has 9 nitrogen and oxygen atoms in total. The maximum Gasteiger partial charge on any atom is 0.257 e. The van der Waals surface area contributed by atoms with Gasteiger partial charge in [0.05, 0.1) is 38.0 Å². The van der Waals surface area contributed by atoms with Crippen LogP contribution < -0.4 is 5.32 Å². The van der Waals surface area contributed by atoms with Crippen molar-refractivity contribution in [2.24, 2.45) is 0 Å². The maximum absolute atomic E-state index is 13.0. The Labute approximate surface area is 205 Å². The van der Waals surface area contributed by atoms with Crippen molar-refractivity contribution in [3.05, 3.63) is 47.0 Å². The number of thiazole rings is 2. The predicted octanol–water partition coefficient (Wildman–Crippen LogP) is 3.75. The van der Waals surface area contributed by atoms with E-state index in [0.717, 1.165) is 25.4 Å². The van der Waals surface area contributed by atoms with E-state index in [0.29, 0.717) is 10.7 Å². The van der Waals surface area contributed by atoms with Crippen LogP contribution in [0, 0.1) is 6.92 Å². The van der Waals surface area contributed by atoms with Crippen LogP contribution >= 0.6 is 22.7 Å². The third-order valence-corrected chi connectivity index (χ3v) is 8.93. The molecule has 0 saturated carbocycles. The lowest BCUT2D eigenvalue weighted by Gasteiger charge is -2.21. The number of rotatable bonds is 10. The van der Waals surface area contributed by atoms with Gasteiger partial charge in [-0.1, -0.05) is 11.3 Å². The number of amides is 1. The van der Waals surface area contributed by atoms with E-state index in [2.05, 4.69) is 15.3 Å².